The summed E-state index contributed by atoms with van der Waals surface area (Å²) in [5.74, 6) is 0.883. The number of ether oxygens (including phenoxy) is 1. The lowest BCUT2D eigenvalue weighted by atomic mass is 10.1. The summed E-state index contributed by atoms with van der Waals surface area (Å²) in [5, 5.41) is 0. The molecular weight excluding hydrogens is 345 g/mol. The molecule has 0 spiro atoms. The number of benzene rings is 1. The lowest BCUT2D eigenvalue weighted by molar-refractivity contribution is -0.144. The summed E-state index contributed by atoms with van der Waals surface area (Å²) in [4.78, 5) is 13.5. The van der Waals surface area contributed by atoms with Crippen molar-refractivity contribution in [2.24, 2.45) is 0 Å². The molecular formula is C16H22Cl3NO2. The maximum Gasteiger partial charge on any atom is 0.307 e. The standard InChI is InChI=1S/C16H22Cl3NO2/c1-13(19)22-16(21)4-2-3-14-5-7-15(8-6-14)20(11-9-17)12-10-18/h5-8,13H,2-4,9-12H2,1H3/t13-/m1/s1. The highest BCUT2D eigenvalue weighted by atomic mass is 35.5. The minimum Gasteiger partial charge on any atom is -0.446 e. The van der Waals surface area contributed by atoms with Gasteiger partial charge in [0.2, 0.25) is 0 Å². The Balaban J connectivity index is 2.45. The second-order valence-electron chi connectivity index (χ2n) is 4.92. The first-order chi connectivity index (χ1) is 10.6. The SMILES string of the molecule is C[C@H](Cl)OC(=O)CCCc1ccc(N(CCCl)CCCl)cc1. The number of aryl methyl sites for hydroxylation is 1. The molecule has 1 aromatic carbocycles. The number of hydrogen-bond donors (Lipinski definition) is 0. The van der Waals surface area contributed by atoms with Crippen LogP contribution in [0.15, 0.2) is 24.3 Å². The van der Waals surface area contributed by atoms with E-state index in [4.69, 9.17) is 39.5 Å². The van der Waals surface area contributed by atoms with E-state index in [1.165, 1.54) is 5.56 Å². The Morgan fingerprint density at radius 2 is 1.77 bits per heavy atom. The zero-order valence-corrected chi connectivity index (χ0v) is 15.0. The Morgan fingerprint density at radius 3 is 2.27 bits per heavy atom. The monoisotopic (exact) mass is 365 g/mol. The number of nitrogens with zero attached hydrogens (tertiary/aromatic N) is 1. The number of hydrogen-bond acceptors (Lipinski definition) is 3. The molecule has 3 nitrogen and oxygen atoms in total. The van der Waals surface area contributed by atoms with Gasteiger partial charge in [-0.25, -0.2) is 0 Å². The van der Waals surface area contributed by atoms with E-state index >= 15 is 0 Å². The number of rotatable bonds is 10. The van der Waals surface area contributed by atoms with E-state index in [2.05, 4.69) is 29.2 Å². The largest absolute Gasteiger partial charge is 0.446 e. The van der Waals surface area contributed by atoms with E-state index in [0.717, 1.165) is 31.6 Å². The van der Waals surface area contributed by atoms with Gasteiger partial charge >= 0.3 is 5.97 Å². The summed E-state index contributed by atoms with van der Waals surface area (Å²) in [7, 11) is 0. The summed E-state index contributed by atoms with van der Waals surface area (Å²) in [6.07, 6.45) is 1.95. The highest BCUT2D eigenvalue weighted by Gasteiger charge is 2.07. The number of carbonyl (C=O) groups is 1. The maximum atomic E-state index is 11.4. The maximum absolute atomic E-state index is 11.4. The third kappa shape index (κ3) is 7.57. The van der Waals surface area contributed by atoms with Crippen molar-refractivity contribution in [2.45, 2.75) is 31.7 Å². The first-order valence-electron chi connectivity index (χ1n) is 7.36. The van der Waals surface area contributed by atoms with E-state index in [1.54, 1.807) is 6.92 Å². The van der Waals surface area contributed by atoms with Gasteiger partial charge < -0.3 is 9.64 Å². The number of halogens is 3. The molecule has 0 bridgehead atoms. The Morgan fingerprint density at radius 1 is 1.18 bits per heavy atom. The molecule has 0 heterocycles. The van der Waals surface area contributed by atoms with Gasteiger partial charge in [-0.2, -0.15) is 0 Å². The summed E-state index contributed by atoms with van der Waals surface area (Å²) in [5.41, 5.74) is 1.73. The minimum atomic E-state index is -0.568. The molecule has 124 valence electrons. The van der Waals surface area contributed by atoms with Crippen LogP contribution in [-0.4, -0.2) is 36.4 Å². The van der Waals surface area contributed by atoms with Gasteiger partial charge in [-0.3, -0.25) is 4.79 Å². The van der Waals surface area contributed by atoms with Gasteiger partial charge in [-0.15, -0.1) is 23.2 Å². The fourth-order valence-corrected chi connectivity index (χ4v) is 2.63. The molecule has 1 aromatic rings. The molecule has 0 aromatic heterocycles. The normalized spacial score (nSPS) is 12.0. The molecule has 0 N–H and O–H groups in total. The van der Waals surface area contributed by atoms with Gasteiger partial charge in [0.15, 0.2) is 5.56 Å². The second kappa shape index (κ2) is 11.0. The quantitative estimate of drug-likeness (QED) is 0.453. The molecule has 0 aliphatic carbocycles. The molecule has 0 saturated carbocycles. The van der Waals surface area contributed by atoms with Gasteiger partial charge in [0, 0.05) is 37.0 Å². The van der Waals surface area contributed by atoms with Crippen LogP contribution in [0, 0.1) is 0 Å². The molecule has 0 amide bonds. The number of alkyl halides is 3. The van der Waals surface area contributed by atoms with Crippen LogP contribution >= 0.6 is 34.8 Å². The molecule has 0 fully saturated rings. The summed E-state index contributed by atoms with van der Waals surface area (Å²) in [6.45, 7) is 3.18. The molecule has 1 rings (SSSR count). The van der Waals surface area contributed by atoms with Crippen LogP contribution in [0.2, 0.25) is 0 Å². The molecule has 1 atom stereocenters. The number of carbonyl (C=O) groups excluding carboxylic acids is 1. The zero-order valence-electron chi connectivity index (χ0n) is 12.7. The Kier molecular flexibility index (Phi) is 9.69. The van der Waals surface area contributed by atoms with E-state index in [1.807, 2.05) is 0 Å². The van der Waals surface area contributed by atoms with Crippen LogP contribution in [-0.2, 0) is 16.0 Å². The van der Waals surface area contributed by atoms with Crippen LogP contribution in [0.1, 0.15) is 25.3 Å². The first kappa shape index (κ1) is 19.4. The van der Waals surface area contributed by atoms with Crippen LogP contribution in [0.4, 0.5) is 5.69 Å². The zero-order chi connectivity index (χ0) is 16.4. The average molecular weight is 367 g/mol. The predicted molar refractivity (Wildman–Crippen MR) is 94.4 cm³/mol. The van der Waals surface area contributed by atoms with Crippen molar-refractivity contribution in [2.75, 3.05) is 29.7 Å². The van der Waals surface area contributed by atoms with E-state index in [0.29, 0.717) is 18.2 Å². The van der Waals surface area contributed by atoms with Gasteiger partial charge in [0.25, 0.3) is 0 Å². The second-order valence-corrected chi connectivity index (χ2v) is 6.29. The smallest absolute Gasteiger partial charge is 0.307 e. The topological polar surface area (TPSA) is 29.5 Å². The van der Waals surface area contributed by atoms with E-state index in [-0.39, 0.29) is 5.97 Å². The third-order valence-electron chi connectivity index (χ3n) is 3.15. The van der Waals surface area contributed by atoms with Gasteiger partial charge in [-0.05, 0) is 37.5 Å². The Bertz CT molecular complexity index is 432. The van der Waals surface area contributed by atoms with Crippen molar-refractivity contribution in [3.63, 3.8) is 0 Å². The highest BCUT2D eigenvalue weighted by molar-refractivity contribution is 6.20. The van der Waals surface area contributed by atoms with Crippen LogP contribution in [0.3, 0.4) is 0 Å². The summed E-state index contributed by atoms with van der Waals surface area (Å²) < 4.78 is 4.89. The summed E-state index contributed by atoms with van der Waals surface area (Å²) >= 11 is 17.2. The van der Waals surface area contributed by atoms with Gasteiger partial charge in [0.05, 0.1) is 0 Å². The number of anilines is 1. The Labute approximate surface area is 147 Å². The molecule has 0 aliphatic heterocycles. The van der Waals surface area contributed by atoms with Crippen molar-refractivity contribution < 1.29 is 9.53 Å². The van der Waals surface area contributed by atoms with Gasteiger partial charge in [0.1, 0.15) is 0 Å². The van der Waals surface area contributed by atoms with Crippen molar-refractivity contribution in [1.29, 1.82) is 0 Å². The molecule has 6 heteroatoms. The van der Waals surface area contributed by atoms with Gasteiger partial charge in [-0.1, -0.05) is 23.7 Å². The lowest BCUT2D eigenvalue weighted by Crippen LogP contribution is -2.27. The van der Waals surface area contributed by atoms with Crippen molar-refractivity contribution in [1.82, 2.24) is 0 Å². The molecule has 0 aliphatic rings. The lowest BCUT2D eigenvalue weighted by Gasteiger charge is -2.23. The molecule has 0 unspecified atom stereocenters. The van der Waals surface area contributed by atoms with E-state index < -0.39 is 5.56 Å². The highest BCUT2D eigenvalue weighted by Crippen LogP contribution is 2.17. The third-order valence-corrected chi connectivity index (χ3v) is 3.58. The van der Waals surface area contributed by atoms with Crippen LogP contribution < -0.4 is 4.90 Å². The fraction of sp³-hybridized carbons (Fsp3) is 0.562. The predicted octanol–water partition coefficient (Wildman–Crippen LogP) is 4.42. The summed E-state index contributed by atoms with van der Waals surface area (Å²) in [6, 6.07) is 8.27. The Hall–Kier alpha value is -0.640. The average Bonchev–Trinajstić information content (AvgIpc) is 2.47. The minimum absolute atomic E-state index is 0.255. The van der Waals surface area contributed by atoms with Crippen molar-refractivity contribution in [3.05, 3.63) is 29.8 Å². The van der Waals surface area contributed by atoms with Crippen LogP contribution in [0.5, 0.6) is 0 Å². The van der Waals surface area contributed by atoms with Crippen molar-refractivity contribution >= 4 is 46.5 Å². The molecule has 0 saturated heterocycles. The van der Waals surface area contributed by atoms with E-state index in [9.17, 15) is 4.79 Å². The molecule has 0 radical (unpaired) electrons. The molecule has 22 heavy (non-hydrogen) atoms. The van der Waals surface area contributed by atoms with Crippen molar-refractivity contribution in [3.8, 4) is 0 Å². The first-order valence-corrected chi connectivity index (χ1v) is 8.86. The number of esters is 1. The van der Waals surface area contributed by atoms with Crippen LogP contribution in [0.25, 0.3) is 0 Å². The fourth-order valence-electron chi connectivity index (χ4n) is 2.12.